The third-order valence-corrected chi connectivity index (χ3v) is 3.72. The molecule has 1 amide bonds. The van der Waals surface area contributed by atoms with E-state index in [-0.39, 0.29) is 11.4 Å². The van der Waals surface area contributed by atoms with Crippen LogP contribution in [0.4, 0.5) is 0 Å². The monoisotopic (exact) mass is 247 g/mol. The number of nitrogens with zero attached hydrogens (tertiary/aromatic N) is 1. The van der Waals surface area contributed by atoms with Crippen LogP contribution in [-0.2, 0) is 0 Å². The molecule has 0 spiro atoms. The number of hydrogen-bond acceptors (Lipinski definition) is 3. The maximum absolute atomic E-state index is 12.2. The molecule has 0 unspecified atom stereocenters. The van der Waals surface area contributed by atoms with Gasteiger partial charge in [0.15, 0.2) is 0 Å². The minimum absolute atomic E-state index is 0.0569. The number of aryl methyl sites for hydroxylation is 1. The van der Waals surface area contributed by atoms with Gasteiger partial charge in [0.25, 0.3) is 5.91 Å². The summed E-state index contributed by atoms with van der Waals surface area (Å²) in [6.45, 7) is 2.45. The number of carbonyl (C=O) groups excluding carboxylic acids is 1. The minimum Gasteiger partial charge on any atom is -0.345 e. The lowest BCUT2D eigenvalue weighted by atomic mass is 9.81. The molecule has 4 nitrogen and oxygen atoms in total. The van der Waals surface area contributed by atoms with E-state index in [1.54, 1.807) is 12.4 Å². The zero-order valence-corrected chi connectivity index (χ0v) is 10.9. The molecule has 0 saturated heterocycles. The molecule has 1 fully saturated rings. The predicted molar refractivity (Wildman–Crippen MR) is 71.3 cm³/mol. The Kier molecular flexibility index (Phi) is 3.97. The normalized spacial score (nSPS) is 18.3. The third-order valence-electron chi connectivity index (χ3n) is 3.72. The van der Waals surface area contributed by atoms with E-state index in [0.29, 0.717) is 12.1 Å². The van der Waals surface area contributed by atoms with Crippen LogP contribution in [0, 0.1) is 6.92 Å². The summed E-state index contributed by atoms with van der Waals surface area (Å²) in [5, 5.41) is 3.12. The van der Waals surface area contributed by atoms with Crippen molar-refractivity contribution in [3.63, 3.8) is 0 Å². The highest BCUT2D eigenvalue weighted by atomic mass is 16.1. The van der Waals surface area contributed by atoms with Crippen molar-refractivity contribution in [1.82, 2.24) is 10.3 Å². The van der Waals surface area contributed by atoms with E-state index in [4.69, 9.17) is 5.73 Å². The van der Waals surface area contributed by atoms with Gasteiger partial charge in [-0.1, -0.05) is 19.3 Å². The smallest absolute Gasteiger partial charge is 0.253 e. The van der Waals surface area contributed by atoms with Crippen LogP contribution < -0.4 is 11.1 Å². The van der Waals surface area contributed by atoms with E-state index >= 15 is 0 Å². The quantitative estimate of drug-likeness (QED) is 0.855. The molecule has 1 saturated carbocycles. The van der Waals surface area contributed by atoms with E-state index in [9.17, 15) is 4.79 Å². The maximum Gasteiger partial charge on any atom is 0.253 e. The Morgan fingerprint density at radius 3 is 2.72 bits per heavy atom. The Balaban J connectivity index is 2.10. The van der Waals surface area contributed by atoms with Gasteiger partial charge < -0.3 is 11.1 Å². The molecular weight excluding hydrogens is 226 g/mol. The molecule has 1 heterocycles. The minimum atomic E-state index is -0.209. The molecule has 1 aromatic heterocycles. The first-order chi connectivity index (χ1) is 8.65. The van der Waals surface area contributed by atoms with Crippen LogP contribution in [0.25, 0.3) is 0 Å². The molecule has 0 radical (unpaired) electrons. The fourth-order valence-electron chi connectivity index (χ4n) is 2.60. The largest absolute Gasteiger partial charge is 0.345 e. The van der Waals surface area contributed by atoms with E-state index < -0.39 is 0 Å². The molecular formula is C14H21N3O. The first-order valence-corrected chi connectivity index (χ1v) is 6.59. The summed E-state index contributed by atoms with van der Waals surface area (Å²) >= 11 is 0. The van der Waals surface area contributed by atoms with Gasteiger partial charge in [0.05, 0.1) is 11.1 Å². The first-order valence-electron chi connectivity index (χ1n) is 6.59. The van der Waals surface area contributed by atoms with Crippen molar-refractivity contribution < 1.29 is 4.79 Å². The van der Waals surface area contributed by atoms with Gasteiger partial charge in [-0.15, -0.1) is 0 Å². The molecule has 2 rings (SSSR count). The second kappa shape index (κ2) is 5.48. The van der Waals surface area contributed by atoms with Crippen LogP contribution in [0.15, 0.2) is 18.5 Å². The second-order valence-corrected chi connectivity index (χ2v) is 5.25. The summed E-state index contributed by atoms with van der Waals surface area (Å²) in [7, 11) is 0. The van der Waals surface area contributed by atoms with Crippen molar-refractivity contribution in [2.45, 2.75) is 44.6 Å². The summed E-state index contributed by atoms with van der Waals surface area (Å²) in [5.41, 5.74) is 7.27. The zero-order valence-electron chi connectivity index (χ0n) is 10.9. The number of hydrogen-bond donors (Lipinski definition) is 2. The molecule has 0 atom stereocenters. The fourth-order valence-corrected chi connectivity index (χ4v) is 2.60. The molecule has 1 aliphatic carbocycles. The topological polar surface area (TPSA) is 68.0 Å². The zero-order chi connectivity index (χ0) is 13.0. The molecule has 1 aliphatic rings. The lowest BCUT2D eigenvalue weighted by Gasteiger charge is -2.37. The molecule has 1 aromatic rings. The van der Waals surface area contributed by atoms with E-state index in [1.807, 2.05) is 13.0 Å². The average molecular weight is 247 g/mol. The van der Waals surface area contributed by atoms with Crippen molar-refractivity contribution in [2.75, 3.05) is 6.54 Å². The van der Waals surface area contributed by atoms with Crippen molar-refractivity contribution in [3.8, 4) is 0 Å². The Hall–Kier alpha value is -1.42. The summed E-state index contributed by atoms with van der Waals surface area (Å²) in [6.07, 6.45) is 8.84. The van der Waals surface area contributed by atoms with Crippen LogP contribution in [0.2, 0.25) is 0 Å². The molecule has 3 N–H and O–H groups in total. The number of amides is 1. The summed E-state index contributed by atoms with van der Waals surface area (Å²) in [4.78, 5) is 16.3. The van der Waals surface area contributed by atoms with E-state index in [2.05, 4.69) is 10.3 Å². The maximum atomic E-state index is 12.2. The average Bonchev–Trinajstić information content (AvgIpc) is 2.40. The van der Waals surface area contributed by atoms with Gasteiger partial charge in [0, 0.05) is 18.9 Å². The van der Waals surface area contributed by atoms with E-state index in [0.717, 1.165) is 31.2 Å². The lowest BCUT2D eigenvalue weighted by molar-refractivity contribution is 0.0874. The molecule has 0 aromatic carbocycles. The van der Waals surface area contributed by atoms with Crippen molar-refractivity contribution in [3.05, 3.63) is 29.6 Å². The Labute approximate surface area is 108 Å². The molecule has 0 bridgehead atoms. The van der Waals surface area contributed by atoms with Gasteiger partial charge in [0.2, 0.25) is 0 Å². The molecule has 18 heavy (non-hydrogen) atoms. The van der Waals surface area contributed by atoms with Crippen LogP contribution >= 0.6 is 0 Å². The Bertz CT molecular complexity index is 425. The van der Waals surface area contributed by atoms with Crippen molar-refractivity contribution >= 4 is 5.91 Å². The number of nitrogens with two attached hydrogens (primary N) is 1. The number of rotatable bonds is 3. The summed E-state index contributed by atoms with van der Waals surface area (Å²) in [6, 6.07) is 1.86. The number of pyridine rings is 1. The number of carbonyl (C=O) groups is 1. The van der Waals surface area contributed by atoms with Gasteiger partial charge in [0.1, 0.15) is 0 Å². The van der Waals surface area contributed by atoms with Gasteiger partial charge in [-0.05, 0) is 31.4 Å². The fraction of sp³-hybridized carbons (Fsp3) is 0.571. The standard InChI is InChI=1S/C14H21N3O/c1-11-7-12(9-16-8-11)13(18)17-14(10-15)5-3-2-4-6-14/h7-9H,2-6,10,15H2,1H3,(H,17,18). The lowest BCUT2D eigenvalue weighted by Crippen LogP contribution is -2.54. The number of nitrogens with one attached hydrogen (secondary N) is 1. The highest BCUT2D eigenvalue weighted by Crippen LogP contribution is 2.27. The second-order valence-electron chi connectivity index (χ2n) is 5.25. The molecule has 0 aliphatic heterocycles. The van der Waals surface area contributed by atoms with Crippen molar-refractivity contribution in [2.24, 2.45) is 5.73 Å². The molecule has 4 heteroatoms. The Morgan fingerprint density at radius 1 is 1.39 bits per heavy atom. The summed E-state index contributed by atoms with van der Waals surface area (Å²) < 4.78 is 0. The Morgan fingerprint density at radius 2 is 2.11 bits per heavy atom. The third kappa shape index (κ3) is 2.88. The van der Waals surface area contributed by atoms with Gasteiger partial charge >= 0.3 is 0 Å². The predicted octanol–water partition coefficient (Wildman–Crippen LogP) is 1.78. The van der Waals surface area contributed by atoms with Crippen molar-refractivity contribution in [1.29, 1.82) is 0 Å². The highest BCUT2D eigenvalue weighted by Gasteiger charge is 2.32. The van der Waals surface area contributed by atoms with Gasteiger partial charge in [-0.25, -0.2) is 0 Å². The van der Waals surface area contributed by atoms with Crippen LogP contribution in [0.1, 0.15) is 48.0 Å². The summed E-state index contributed by atoms with van der Waals surface area (Å²) in [5.74, 6) is -0.0569. The van der Waals surface area contributed by atoms with Gasteiger partial charge in [-0.3, -0.25) is 9.78 Å². The number of aromatic nitrogens is 1. The molecule has 98 valence electrons. The highest BCUT2D eigenvalue weighted by molar-refractivity contribution is 5.94. The first kappa shape index (κ1) is 13.0. The van der Waals surface area contributed by atoms with Crippen LogP contribution in [0.5, 0.6) is 0 Å². The van der Waals surface area contributed by atoms with Gasteiger partial charge in [-0.2, -0.15) is 0 Å². The van der Waals surface area contributed by atoms with Crippen LogP contribution in [0.3, 0.4) is 0 Å². The van der Waals surface area contributed by atoms with Crippen LogP contribution in [-0.4, -0.2) is 23.0 Å². The van der Waals surface area contributed by atoms with E-state index in [1.165, 1.54) is 6.42 Å². The SMILES string of the molecule is Cc1cncc(C(=O)NC2(CN)CCCCC2)c1.